The molecule has 0 aliphatic carbocycles. The standard InChI is InChI=1S/C16H31N3O/c1-16(2,3)17-12-15-14(8-11-20-15)13-19(6)10-7-9-18(4)5/h8,11,17H,7,9-10,12-13H2,1-6H3. The molecule has 0 fully saturated rings. The van der Waals surface area contributed by atoms with Gasteiger partial charge in [-0.2, -0.15) is 0 Å². The van der Waals surface area contributed by atoms with Crippen LogP contribution < -0.4 is 5.32 Å². The highest BCUT2D eigenvalue weighted by atomic mass is 16.3. The first kappa shape index (κ1) is 17.2. The number of hydrogen-bond donors (Lipinski definition) is 1. The SMILES string of the molecule is CN(C)CCCN(C)Cc1ccoc1CNC(C)(C)C. The number of nitrogens with zero attached hydrogens (tertiary/aromatic N) is 2. The molecule has 1 aromatic rings. The van der Waals surface area contributed by atoms with Gasteiger partial charge in [-0.25, -0.2) is 0 Å². The lowest BCUT2D eigenvalue weighted by Crippen LogP contribution is -2.35. The molecule has 0 aliphatic rings. The second-order valence-electron chi connectivity index (χ2n) is 6.87. The van der Waals surface area contributed by atoms with Crippen molar-refractivity contribution in [2.75, 3.05) is 34.2 Å². The Morgan fingerprint density at radius 2 is 1.85 bits per heavy atom. The zero-order valence-electron chi connectivity index (χ0n) is 14.0. The fourth-order valence-electron chi connectivity index (χ4n) is 2.04. The fraction of sp³-hybridized carbons (Fsp3) is 0.750. The van der Waals surface area contributed by atoms with Crippen molar-refractivity contribution in [1.29, 1.82) is 0 Å². The zero-order chi connectivity index (χ0) is 15.2. The third-order valence-electron chi connectivity index (χ3n) is 3.20. The third-order valence-corrected chi connectivity index (χ3v) is 3.20. The lowest BCUT2D eigenvalue weighted by Gasteiger charge is -2.21. The van der Waals surface area contributed by atoms with E-state index in [4.69, 9.17) is 4.42 Å². The van der Waals surface area contributed by atoms with Gasteiger partial charge >= 0.3 is 0 Å². The molecule has 0 saturated heterocycles. The molecule has 1 rings (SSSR count). The number of furan rings is 1. The van der Waals surface area contributed by atoms with E-state index < -0.39 is 0 Å². The van der Waals surface area contributed by atoms with Crippen LogP contribution in [0.5, 0.6) is 0 Å². The van der Waals surface area contributed by atoms with Crippen LogP contribution in [0.4, 0.5) is 0 Å². The quantitative estimate of drug-likeness (QED) is 0.793. The predicted octanol–water partition coefficient (Wildman–Crippen LogP) is 2.55. The summed E-state index contributed by atoms with van der Waals surface area (Å²) in [5, 5.41) is 3.48. The average molecular weight is 281 g/mol. The van der Waals surface area contributed by atoms with Gasteiger partial charge in [0, 0.05) is 17.6 Å². The van der Waals surface area contributed by atoms with Gasteiger partial charge in [0.05, 0.1) is 12.8 Å². The Morgan fingerprint density at radius 1 is 1.15 bits per heavy atom. The molecule has 0 spiro atoms. The van der Waals surface area contributed by atoms with Crippen LogP contribution in [0, 0.1) is 0 Å². The summed E-state index contributed by atoms with van der Waals surface area (Å²) in [5.74, 6) is 1.05. The topological polar surface area (TPSA) is 31.6 Å². The minimum atomic E-state index is 0.113. The van der Waals surface area contributed by atoms with Gasteiger partial charge < -0.3 is 19.5 Å². The van der Waals surface area contributed by atoms with E-state index in [1.54, 1.807) is 6.26 Å². The van der Waals surface area contributed by atoms with Crippen LogP contribution in [0.1, 0.15) is 38.5 Å². The average Bonchev–Trinajstić information content (AvgIpc) is 2.72. The highest BCUT2D eigenvalue weighted by molar-refractivity contribution is 5.17. The zero-order valence-corrected chi connectivity index (χ0v) is 14.0. The molecule has 116 valence electrons. The summed E-state index contributed by atoms with van der Waals surface area (Å²) >= 11 is 0. The molecule has 4 heteroatoms. The van der Waals surface area contributed by atoms with Crippen LogP contribution >= 0.6 is 0 Å². The molecule has 0 amide bonds. The van der Waals surface area contributed by atoms with E-state index >= 15 is 0 Å². The lowest BCUT2D eigenvalue weighted by molar-refractivity contribution is 0.291. The highest BCUT2D eigenvalue weighted by Crippen LogP contribution is 2.14. The smallest absolute Gasteiger partial charge is 0.122 e. The monoisotopic (exact) mass is 281 g/mol. The van der Waals surface area contributed by atoms with E-state index in [1.165, 1.54) is 12.0 Å². The molecule has 4 nitrogen and oxygen atoms in total. The van der Waals surface area contributed by atoms with E-state index in [0.717, 1.165) is 31.9 Å². The molecule has 0 aliphatic heterocycles. The number of hydrogen-bond acceptors (Lipinski definition) is 4. The van der Waals surface area contributed by atoms with Crippen molar-refractivity contribution >= 4 is 0 Å². The van der Waals surface area contributed by atoms with Gasteiger partial charge in [-0.3, -0.25) is 0 Å². The molecule has 1 N–H and O–H groups in total. The number of rotatable bonds is 8. The summed E-state index contributed by atoms with van der Waals surface area (Å²) in [4.78, 5) is 4.58. The van der Waals surface area contributed by atoms with E-state index in [2.05, 4.69) is 63.1 Å². The van der Waals surface area contributed by atoms with Crippen molar-refractivity contribution in [2.45, 2.75) is 45.8 Å². The summed E-state index contributed by atoms with van der Waals surface area (Å²) in [6.45, 7) is 10.5. The first-order chi connectivity index (χ1) is 9.28. The van der Waals surface area contributed by atoms with Crippen molar-refractivity contribution in [3.8, 4) is 0 Å². The minimum absolute atomic E-state index is 0.113. The largest absolute Gasteiger partial charge is 0.468 e. The molecule has 0 aromatic carbocycles. The molecule has 1 heterocycles. The molecular formula is C16H31N3O. The second-order valence-corrected chi connectivity index (χ2v) is 6.87. The van der Waals surface area contributed by atoms with Crippen molar-refractivity contribution < 1.29 is 4.42 Å². The normalized spacial score (nSPS) is 12.6. The van der Waals surface area contributed by atoms with Crippen LogP contribution in [0.3, 0.4) is 0 Å². The van der Waals surface area contributed by atoms with Gasteiger partial charge in [0.1, 0.15) is 5.76 Å². The molecule has 0 radical (unpaired) electrons. The van der Waals surface area contributed by atoms with E-state index in [9.17, 15) is 0 Å². The van der Waals surface area contributed by atoms with Gasteiger partial charge in [-0.05, 0) is 67.5 Å². The second kappa shape index (κ2) is 7.81. The van der Waals surface area contributed by atoms with Crippen molar-refractivity contribution in [1.82, 2.24) is 15.1 Å². The lowest BCUT2D eigenvalue weighted by atomic mass is 10.1. The Morgan fingerprint density at radius 3 is 2.45 bits per heavy atom. The Kier molecular flexibility index (Phi) is 6.72. The summed E-state index contributed by atoms with van der Waals surface area (Å²) < 4.78 is 5.61. The minimum Gasteiger partial charge on any atom is -0.468 e. The molecule has 0 atom stereocenters. The summed E-state index contributed by atoms with van der Waals surface area (Å²) in [6, 6.07) is 2.09. The van der Waals surface area contributed by atoms with Gasteiger partial charge in [0.2, 0.25) is 0 Å². The molecular weight excluding hydrogens is 250 g/mol. The highest BCUT2D eigenvalue weighted by Gasteiger charge is 2.13. The maximum atomic E-state index is 5.61. The van der Waals surface area contributed by atoms with Crippen molar-refractivity contribution in [3.05, 3.63) is 23.7 Å². The Labute approximate surface area is 124 Å². The predicted molar refractivity (Wildman–Crippen MR) is 84.8 cm³/mol. The van der Waals surface area contributed by atoms with Crippen molar-refractivity contribution in [2.24, 2.45) is 0 Å². The maximum absolute atomic E-state index is 5.61. The molecule has 20 heavy (non-hydrogen) atoms. The van der Waals surface area contributed by atoms with Crippen LogP contribution in [-0.2, 0) is 13.1 Å². The molecule has 0 saturated carbocycles. The third kappa shape index (κ3) is 7.08. The Hall–Kier alpha value is -0.840. The Bertz CT molecular complexity index is 379. The molecule has 1 aromatic heterocycles. The van der Waals surface area contributed by atoms with Crippen LogP contribution in [-0.4, -0.2) is 49.6 Å². The van der Waals surface area contributed by atoms with Gasteiger partial charge in [-0.1, -0.05) is 0 Å². The van der Waals surface area contributed by atoms with Crippen LogP contribution in [0.15, 0.2) is 16.7 Å². The molecule has 0 unspecified atom stereocenters. The van der Waals surface area contributed by atoms with E-state index in [1.807, 2.05) is 0 Å². The van der Waals surface area contributed by atoms with Crippen LogP contribution in [0.2, 0.25) is 0 Å². The van der Waals surface area contributed by atoms with Crippen LogP contribution in [0.25, 0.3) is 0 Å². The first-order valence-electron chi connectivity index (χ1n) is 7.41. The fourth-order valence-corrected chi connectivity index (χ4v) is 2.04. The van der Waals surface area contributed by atoms with Gasteiger partial charge in [-0.15, -0.1) is 0 Å². The van der Waals surface area contributed by atoms with E-state index in [0.29, 0.717) is 0 Å². The number of nitrogens with one attached hydrogen (secondary N) is 1. The van der Waals surface area contributed by atoms with E-state index in [-0.39, 0.29) is 5.54 Å². The van der Waals surface area contributed by atoms with Gasteiger partial charge in [0.15, 0.2) is 0 Å². The Balaban J connectivity index is 2.41. The van der Waals surface area contributed by atoms with Gasteiger partial charge in [0.25, 0.3) is 0 Å². The summed E-state index contributed by atoms with van der Waals surface area (Å²) in [6.07, 6.45) is 2.99. The summed E-state index contributed by atoms with van der Waals surface area (Å²) in [7, 11) is 6.41. The summed E-state index contributed by atoms with van der Waals surface area (Å²) in [5.41, 5.74) is 1.40. The first-order valence-corrected chi connectivity index (χ1v) is 7.41. The molecule has 0 bridgehead atoms. The maximum Gasteiger partial charge on any atom is 0.122 e. The van der Waals surface area contributed by atoms with Crippen molar-refractivity contribution in [3.63, 3.8) is 0 Å².